The van der Waals surface area contributed by atoms with Crippen molar-refractivity contribution in [3.05, 3.63) is 100 Å². The van der Waals surface area contributed by atoms with Crippen LogP contribution in [-0.2, 0) is 13.1 Å². The zero-order valence-corrected chi connectivity index (χ0v) is 15.5. The first-order valence-corrected chi connectivity index (χ1v) is 8.97. The predicted octanol–water partition coefficient (Wildman–Crippen LogP) is 6.23. The van der Waals surface area contributed by atoms with Gasteiger partial charge in [-0.1, -0.05) is 89.9 Å². The fraction of sp³-hybridized carbons (Fsp3) is 0.0952. The van der Waals surface area contributed by atoms with Gasteiger partial charge in [0.2, 0.25) is 0 Å². The molecule has 0 radical (unpaired) electrons. The van der Waals surface area contributed by atoms with Crippen LogP contribution in [0, 0.1) is 0 Å². The van der Waals surface area contributed by atoms with Crippen LogP contribution in [0.2, 0.25) is 10.0 Å². The van der Waals surface area contributed by atoms with Gasteiger partial charge in [0.25, 0.3) is 0 Å². The minimum Gasteiger partial charge on any atom is -0.316 e. The van der Waals surface area contributed by atoms with Crippen LogP contribution in [0.1, 0.15) is 11.1 Å². The van der Waals surface area contributed by atoms with Gasteiger partial charge in [-0.2, -0.15) is 0 Å². The fourth-order valence-electron chi connectivity index (χ4n) is 2.60. The van der Waals surface area contributed by atoms with Crippen LogP contribution < -0.4 is 5.32 Å². The first-order chi connectivity index (χ1) is 12.6. The van der Waals surface area contributed by atoms with E-state index in [-0.39, 0.29) is 6.03 Å². The van der Waals surface area contributed by atoms with Crippen molar-refractivity contribution >= 4 is 34.9 Å². The summed E-state index contributed by atoms with van der Waals surface area (Å²) >= 11 is 12.2. The number of nitrogens with one attached hydrogen (secondary N) is 1. The van der Waals surface area contributed by atoms with E-state index in [1.807, 2.05) is 60.7 Å². The summed E-state index contributed by atoms with van der Waals surface area (Å²) < 4.78 is 0. The molecule has 26 heavy (non-hydrogen) atoms. The Morgan fingerprint density at radius 2 is 1.31 bits per heavy atom. The number of hydrogen-bond donors (Lipinski definition) is 1. The van der Waals surface area contributed by atoms with E-state index >= 15 is 0 Å². The second-order valence-corrected chi connectivity index (χ2v) is 6.64. The van der Waals surface area contributed by atoms with E-state index in [0.29, 0.717) is 28.8 Å². The van der Waals surface area contributed by atoms with Crippen LogP contribution in [0.4, 0.5) is 10.5 Å². The summed E-state index contributed by atoms with van der Waals surface area (Å²) in [6.45, 7) is 0.972. The quantitative estimate of drug-likeness (QED) is 0.555. The lowest BCUT2D eigenvalue weighted by Crippen LogP contribution is -2.34. The minimum absolute atomic E-state index is 0.234. The molecular weight excluding hydrogens is 367 g/mol. The van der Waals surface area contributed by atoms with Gasteiger partial charge in [0.15, 0.2) is 0 Å². The molecule has 132 valence electrons. The van der Waals surface area contributed by atoms with E-state index in [4.69, 9.17) is 23.2 Å². The zero-order valence-electron chi connectivity index (χ0n) is 14.0. The largest absolute Gasteiger partial charge is 0.322 e. The van der Waals surface area contributed by atoms with Crippen molar-refractivity contribution in [2.75, 3.05) is 5.32 Å². The number of carbonyl (C=O) groups is 1. The molecule has 0 heterocycles. The van der Waals surface area contributed by atoms with Gasteiger partial charge in [0.1, 0.15) is 0 Å². The Balaban J connectivity index is 1.81. The number of urea groups is 1. The highest BCUT2D eigenvalue weighted by atomic mass is 35.5. The summed E-state index contributed by atoms with van der Waals surface area (Å²) in [5, 5.41) is 3.60. The molecule has 0 saturated heterocycles. The second kappa shape index (κ2) is 8.75. The molecular formula is C21H18Cl2N2O. The Labute approximate surface area is 163 Å². The standard InChI is InChI=1S/C21H18Cl2N2O/c22-18-12-7-13-19(20(18)23)24-21(26)25(14-16-8-3-1-4-9-16)15-17-10-5-2-6-11-17/h1-13H,14-15H2,(H,24,26). The summed E-state index contributed by atoms with van der Waals surface area (Å²) in [5.41, 5.74) is 2.60. The SMILES string of the molecule is O=C(Nc1cccc(Cl)c1Cl)N(Cc1ccccc1)Cc1ccccc1. The van der Waals surface area contributed by atoms with E-state index in [1.165, 1.54) is 0 Å². The molecule has 0 spiro atoms. The van der Waals surface area contributed by atoms with Gasteiger partial charge in [-0.25, -0.2) is 4.79 Å². The maximum absolute atomic E-state index is 12.9. The smallest absolute Gasteiger partial charge is 0.316 e. The Bertz CT molecular complexity index is 828. The molecule has 0 saturated carbocycles. The maximum Gasteiger partial charge on any atom is 0.322 e. The molecule has 0 unspecified atom stereocenters. The van der Waals surface area contributed by atoms with Crippen LogP contribution in [0.5, 0.6) is 0 Å². The number of nitrogens with zero attached hydrogens (tertiary/aromatic N) is 1. The summed E-state index contributed by atoms with van der Waals surface area (Å²) in [7, 11) is 0. The fourth-order valence-corrected chi connectivity index (χ4v) is 2.95. The first-order valence-electron chi connectivity index (χ1n) is 8.21. The van der Waals surface area contributed by atoms with Crippen molar-refractivity contribution in [3.8, 4) is 0 Å². The van der Waals surface area contributed by atoms with Crippen molar-refractivity contribution < 1.29 is 4.79 Å². The summed E-state index contributed by atoms with van der Waals surface area (Å²) in [6.07, 6.45) is 0. The van der Waals surface area contributed by atoms with Crippen LogP contribution in [0.15, 0.2) is 78.9 Å². The summed E-state index contributed by atoms with van der Waals surface area (Å²) in [5.74, 6) is 0. The molecule has 0 fully saturated rings. The zero-order chi connectivity index (χ0) is 18.4. The van der Waals surface area contributed by atoms with Gasteiger partial charge in [-0.15, -0.1) is 0 Å². The number of halogens is 2. The average Bonchev–Trinajstić information content (AvgIpc) is 2.66. The molecule has 0 aliphatic heterocycles. The molecule has 3 aromatic rings. The monoisotopic (exact) mass is 384 g/mol. The predicted molar refractivity (Wildman–Crippen MR) is 108 cm³/mol. The highest BCUT2D eigenvalue weighted by Crippen LogP contribution is 2.29. The van der Waals surface area contributed by atoms with Gasteiger partial charge in [0.05, 0.1) is 15.7 Å². The molecule has 0 aliphatic rings. The third-order valence-electron chi connectivity index (χ3n) is 3.91. The van der Waals surface area contributed by atoms with Gasteiger partial charge >= 0.3 is 6.03 Å². The Morgan fingerprint density at radius 1 is 0.769 bits per heavy atom. The molecule has 1 N–H and O–H groups in total. The molecule has 0 atom stereocenters. The van der Waals surface area contributed by atoms with Crippen LogP contribution >= 0.6 is 23.2 Å². The Kier molecular flexibility index (Phi) is 6.16. The highest BCUT2D eigenvalue weighted by Gasteiger charge is 2.16. The molecule has 3 aromatic carbocycles. The molecule has 0 aliphatic carbocycles. The van der Waals surface area contributed by atoms with E-state index in [9.17, 15) is 4.79 Å². The van der Waals surface area contributed by atoms with Crippen molar-refractivity contribution in [2.24, 2.45) is 0 Å². The van der Waals surface area contributed by atoms with Crippen molar-refractivity contribution in [2.45, 2.75) is 13.1 Å². The molecule has 0 aromatic heterocycles. The van der Waals surface area contributed by atoms with Gasteiger partial charge in [-0.3, -0.25) is 0 Å². The molecule has 3 rings (SSSR count). The molecule has 5 heteroatoms. The third-order valence-corrected chi connectivity index (χ3v) is 4.73. The minimum atomic E-state index is -0.234. The Morgan fingerprint density at radius 3 is 1.85 bits per heavy atom. The van der Waals surface area contributed by atoms with Crippen LogP contribution in [-0.4, -0.2) is 10.9 Å². The molecule has 3 nitrogen and oxygen atoms in total. The van der Waals surface area contributed by atoms with Crippen molar-refractivity contribution in [1.82, 2.24) is 4.90 Å². The van der Waals surface area contributed by atoms with Gasteiger partial charge in [-0.05, 0) is 23.3 Å². The number of carbonyl (C=O) groups excluding carboxylic acids is 1. The van der Waals surface area contributed by atoms with Crippen LogP contribution in [0.25, 0.3) is 0 Å². The van der Waals surface area contributed by atoms with Crippen LogP contribution in [0.3, 0.4) is 0 Å². The van der Waals surface area contributed by atoms with E-state index in [1.54, 1.807) is 23.1 Å². The first kappa shape index (κ1) is 18.3. The van der Waals surface area contributed by atoms with Crippen molar-refractivity contribution in [1.29, 1.82) is 0 Å². The number of hydrogen-bond acceptors (Lipinski definition) is 1. The number of amides is 2. The van der Waals surface area contributed by atoms with Gasteiger partial charge in [0, 0.05) is 13.1 Å². The Hall–Kier alpha value is -2.49. The lowest BCUT2D eigenvalue weighted by atomic mass is 10.2. The van der Waals surface area contributed by atoms with E-state index < -0.39 is 0 Å². The number of benzene rings is 3. The number of anilines is 1. The normalized spacial score (nSPS) is 10.4. The summed E-state index contributed by atoms with van der Waals surface area (Å²) in [6, 6.07) is 24.7. The van der Waals surface area contributed by atoms with E-state index in [0.717, 1.165) is 11.1 Å². The third kappa shape index (κ3) is 4.78. The maximum atomic E-state index is 12.9. The van der Waals surface area contributed by atoms with Gasteiger partial charge < -0.3 is 10.2 Å². The average molecular weight is 385 g/mol. The highest BCUT2D eigenvalue weighted by molar-refractivity contribution is 6.43. The summed E-state index contributed by atoms with van der Waals surface area (Å²) in [4.78, 5) is 14.6. The van der Waals surface area contributed by atoms with E-state index in [2.05, 4.69) is 5.32 Å². The topological polar surface area (TPSA) is 32.3 Å². The molecule has 2 amide bonds. The molecule has 0 bridgehead atoms. The lowest BCUT2D eigenvalue weighted by Gasteiger charge is -2.24. The second-order valence-electron chi connectivity index (χ2n) is 5.86. The van der Waals surface area contributed by atoms with Crippen molar-refractivity contribution in [3.63, 3.8) is 0 Å². The lowest BCUT2D eigenvalue weighted by molar-refractivity contribution is 0.206. The number of rotatable bonds is 5.